The Kier molecular flexibility index (Phi) is 3.72. The van der Waals surface area contributed by atoms with Crippen LogP contribution in [0.1, 0.15) is 30.9 Å². The molecule has 0 bridgehead atoms. The molecule has 1 saturated heterocycles. The molecule has 1 amide bonds. The molecule has 0 spiro atoms. The fourth-order valence-corrected chi connectivity index (χ4v) is 2.86. The molecule has 114 valence electrons. The van der Waals surface area contributed by atoms with Gasteiger partial charge in [0.1, 0.15) is 11.8 Å². The summed E-state index contributed by atoms with van der Waals surface area (Å²) in [6, 6.07) is 16.5. The number of anilines is 1. The van der Waals surface area contributed by atoms with Crippen LogP contribution in [0.3, 0.4) is 0 Å². The van der Waals surface area contributed by atoms with E-state index in [4.69, 9.17) is 0 Å². The topological polar surface area (TPSA) is 60.8 Å². The van der Waals surface area contributed by atoms with Crippen molar-refractivity contribution in [3.63, 3.8) is 0 Å². The smallest absolute Gasteiger partial charge is 0.229 e. The zero-order chi connectivity index (χ0) is 15.7. The zero-order valence-corrected chi connectivity index (χ0v) is 12.4. The average molecular weight is 297 g/mol. The van der Waals surface area contributed by atoms with Crippen molar-refractivity contribution in [2.24, 2.45) is 0 Å². The molecule has 3 rings (SSSR count). The van der Waals surface area contributed by atoms with Crippen LogP contribution in [-0.4, -0.2) is 22.3 Å². The summed E-state index contributed by atoms with van der Waals surface area (Å²) in [6.07, 6.45) is 0.0699. The maximum atomic E-state index is 11.8. The molecule has 2 aromatic rings. The van der Waals surface area contributed by atoms with Gasteiger partial charge in [-0.25, -0.2) is 0 Å². The fourth-order valence-electron chi connectivity index (χ4n) is 2.86. The molecule has 4 heteroatoms. The van der Waals surface area contributed by atoms with Crippen LogP contribution in [0, 0.1) is 0 Å². The summed E-state index contributed by atoms with van der Waals surface area (Å²) in [4.78, 5) is 13.2. The Bertz CT molecular complexity index is 664. The largest absolute Gasteiger partial charge is 0.381 e. The highest BCUT2D eigenvalue weighted by molar-refractivity contribution is 5.95. The number of aliphatic hydroxyl groups is 2. The van der Waals surface area contributed by atoms with Crippen LogP contribution >= 0.6 is 0 Å². The molecule has 2 unspecified atom stereocenters. The Hall–Kier alpha value is -2.17. The molecule has 22 heavy (non-hydrogen) atoms. The molecule has 4 nitrogen and oxygen atoms in total. The summed E-state index contributed by atoms with van der Waals surface area (Å²) < 4.78 is 0. The third-order valence-corrected chi connectivity index (χ3v) is 4.23. The molecule has 0 aliphatic carbocycles. The number of carbonyl (C=O) groups excluding carboxylic acids is 1. The molecule has 1 aliphatic rings. The molecule has 2 N–H and O–H groups in total. The summed E-state index contributed by atoms with van der Waals surface area (Å²) in [5, 5.41) is 20.7. The van der Waals surface area contributed by atoms with E-state index in [2.05, 4.69) is 0 Å². The lowest BCUT2D eigenvalue weighted by Gasteiger charge is -2.26. The third kappa shape index (κ3) is 2.51. The van der Waals surface area contributed by atoms with Crippen molar-refractivity contribution >= 4 is 11.6 Å². The number of nitrogens with zero attached hydrogens (tertiary/aromatic N) is 1. The highest BCUT2D eigenvalue weighted by Crippen LogP contribution is 2.32. The molecular weight excluding hydrogens is 278 g/mol. The number of carbonyl (C=O) groups is 1. The fraction of sp³-hybridized carbons (Fsp3) is 0.278. The first-order chi connectivity index (χ1) is 10.5. The lowest BCUT2D eigenvalue weighted by Crippen LogP contribution is -2.32. The lowest BCUT2D eigenvalue weighted by atomic mass is 9.88. The summed E-state index contributed by atoms with van der Waals surface area (Å²) in [7, 11) is 0. The maximum absolute atomic E-state index is 11.8. The van der Waals surface area contributed by atoms with Crippen LogP contribution in [0.5, 0.6) is 0 Å². The second-order valence-electron chi connectivity index (χ2n) is 5.77. The van der Waals surface area contributed by atoms with Gasteiger partial charge in [-0.05, 0) is 30.2 Å². The van der Waals surface area contributed by atoms with E-state index in [1.807, 2.05) is 30.3 Å². The monoisotopic (exact) mass is 297 g/mol. The van der Waals surface area contributed by atoms with Gasteiger partial charge in [-0.3, -0.25) is 9.69 Å². The van der Waals surface area contributed by atoms with Gasteiger partial charge in [0.2, 0.25) is 5.91 Å². The first kappa shape index (κ1) is 14.8. The molecular formula is C18H19NO3. The van der Waals surface area contributed by atoms with Gasteiger partial charge in [0.25, 0.3) is 0 Å². The predicted molar refractivity (Wildman–Crippen MR) is 84.3 cm³/mol. The molecule has 2 aromatic carbocycles. The highest BCUT2D eigenvalue weighted by atomic mass is 16.3. The minimum Gasteiger partial charge on any atom is -0.381 e. The number of hydrogen-bond donors (Lipinski definition) is 2. The molecule has 0 radical (unpaired) electrons. The van der Waals surface area contributed by atoms with E-state index in [9.17, 15) is 15.0 Å². The first-order valence-corrected chi connectivity index (χ1v) is 7.39. The van der Waals surface area contributed by atoms with Crippen LogP contribution < -0.4 is 4.90 Å². The number of aliphatic hydroxyl groups excluding tert-OH is 1. The quantitative estimate of drug-likeness (QED) is 0.914. The van der Waals surface area contributed by atoms with Crippen molar-refractivity contribution in [2.75, 3.05) is 4.90 Å². The van der Waals surface area contributed by atoms with Crippen molar-refractivity contribution in [2.45, 2.75) is 31.6 Å². The normalized spacial score (nSPS) is 21.0. The van der Waals surface area contributed by atoms with Gasteiger partial charge in [0.15, 0.2) is 0 Å². The number of benzene rings is 2. The lowest BCUT2D eigenvalue weighted by molar-refractivity contribution is -0.117. The minimum atomic E-state index is -1.10. The second kappa shape index (κ2) is 5.55. The van der Waals surface area contributed by atoms with Gasteiger partial charge < -0.3 is 10.2 Å². The van der Waals surface area contributed by atoms with Crippen molar-refractivity contribution < 1.29 is 15.0 Å². The van der Waals surface area contributed by atoms with Crippen LogP contribution in [0.25, 0.3) is 0 Å². The van der Waals surface area contributed by atoms with Crippen molar-refractivity contribution in [3.8, 4) is 0 Å². The van der Waals surface area contributed by atoms with Gasteiger partial charge in [-0.1, -0.05) is 42.5 Å². The van der Waals surface area contributed by atoms with Crippen LogP contribution in [0.15, 0.2) is 54.6 Å². The second-order valence-corrected chi connectivity index (χ2v) is 5.77. The summed E-state index contributed by atoms with van der Waals surface area (Å²) in [6.45, 7) is 1.74. The standard InChI is InChI=1S/C18H19NO3/c1-18(22,13-5-3-2-4-6-13)14-7-9-15(10-8-14)19-16(20)11-12-17(19)21/h2-10,16,20,22H,11-12H2,1H3. The molecule has 1 heterocycles. The number of rotatable bonds is 3. The Balaban J connectivity index is 1.90. The van der Waals surface area contributed by atoms with E-state index >= 15 is 0 Å². The molecule has 2 atom stereocenters. The zero-order valence-electron chi connectivity index (χ0n) is 12.4. The third-order valence-electron chi connectivity index (χ3n) is 4.23. The predicted octanol–water partition coefficient (Wildman–Crippen LogP) is 2.39. The Labute approximate surface area is 129 Å². The van der Waals surface area contributed by atoms with E-state index in [0.717, 1.165) is 11.1 Å². The van der Waals surface area contributed by atoms with Crippen molar-refractivity contribution in [3.05, 3.63) is 65.7 Å². The van der Waals surface area contributed by atoms with Crippen LogP contribution in [-0.2, 0) is 10.4 Å². The maximum Gasteiger partial charge on any atom is 0.229 e. The van der Waals surface area contributed by atoms with E-state index in [1.165, 1.54) is 4.90 Å². The Morgan fingerprint density at radius 2 is 1.64 bits per heavy atom. The summed E-state index contributed by atoms with van der Waals surface area (Å²) in [5.41, 5.74) is 1.10. The van der Waals surface area contributed by atoms with Gasteiger partial charge in [-0.2, -0.15) is 0 Å². The van der Waals surface area contributed by atoms with Crippen LogP contribution in [0.2, 0.25) is 0 Å². The SMILES string of the molecule is CC(O)(c1ccccc1)c1ccc(N2C(=O)CCC2O)cc1. The van der Waals surface area contributed by atoms with E-state index in [0.29, 0.717) is 18.5 Å². The highest BCUT2D eigenvalue weighted by Gasteiger charge is 2.31. The van der Waals surface area contributed by atoms with Gasteiger partial charge >= 0.3 is 0 Å². The molecule has 0 aromatic heterocycles. The molecule has 1 fully saturated rings. The average Bonchev–Trinajstić information content (AvgIpc) is 2.87. The van der Waals surface area contributed by atoms with Gasteiger partial charge in [0.05, 0.1) is 0 Å². The van der Waals surface area contributed by atoms with E-state index < -0.39 is 11.8 Å². The molecule has 0 saturated carbocycles. The summed E-state index contributed by atoms with van der Waals surface area (Å²) >= 11 is 0. The van der Waals surface area contributed by atoms with E-state index in [1.54, 1.807) is 31.2 Å². The van der Waals surface area contributed by atoms with Gasteiger partial charge in [0, 0.05) is 18.5 Å². The summed E-state index contributed by atoms with van der Waals surface area (Å²) in [5.74, 6) is -0.0740. The van der Waals surface area contributed by atoms with E-state index in [-0.39, 0.29) is 5.91 Å². The minimum absolute atomic E-state index is 0.0740. The number of amides is 1. The van der Waals surface area contributed by atoms with Gasteiger partial charge in [-0.15, -0.1) is 0 Å². The van der Waals surface area contributed by atoms with Crippen LogP contribution in [0.4, 0.5) is 5.69 Å². The Morgan fingerprint density at radius 1 is 1.05 bits per heavy atom. The molecule has 1 aliphatic heterocycles. The Morgan fingerprint density at radius 3 is 2.18 bits per heavy atom. The number of hydrogen-bond acceptors (Lipinski definition) is 3. The first-order valence-electron chi connectivity index (χ1n) is 7.39. The van der Waals surface area contributed by atoms with Crippen molar-refractivity contribution in [1.82, 2.24) is 0 Å². The van der Waals surface area contributed by atoms with Crippen molar-refractivity contribution in [1.29, 1.82) is 0 Å².